The van der Waals surface area contributed by atoms with Gasteiger partial charge in [0, 0.05) is 6.04 Å². The molecule has 4 heteroatoms. The average molecular weight is 240 g/mol. The molecule has 1 atom stereocenters. The van der Waals surface area contributed by atoms with Crippen LogP contribution in [-0.4, -0.2) is 62.1 Å². The summed E-state index contributed by atoms with van der Waals surface area (Å²) in [7, 11) is 3.67. The van der Waals surface area contributed by atoms with E-state index in [0.29, 0.717) is 12.6 Å². The number of hydrogen-bond acceptors (Lipinski definition) is 4. The Kier molecular flexibility index (Phi) is 4.40. The van der Waals surface area contributed by atoms with E-state index in [4.69, 9.17) is 4.74 Å². The Morgan fingerprint density at radius 2 is 1.94 bits per heavy atom. The van der Waals surface area contributed by atoms with Gasteiger partial charge in [-0.3, -0.25) is 9.69 Å². The van der Waals surface area contributed by atoms with Crippen molar-refractivity contribution < 1.29 is 9.53 Å². The van der Waals surface area contributed by atoms with Crippen LogP contribution in [0.1, 0.15) is 25.7 Å². The van der Waals surface area contributed by atoms with Crippen LogP contribution in [0.25, 0.3) is 0 Å². The van der Waals surface area contributed by atoms with Crippen molar-refractivity contribution in [3.63, 3.8) is 0 Å². The summed E-state index contributed by atoms with van der Waals surface area (Å²) in [5.74, 6) is 0.684. The molecule has 2 rings (SSSR count). The first kappa shape index (κ1) is 12.8. The smallest absolute Gasteiger partial charge is 0.319 e. The second-order valence-corrected chi connectivity index (χ2v) is 5.40. The summed E-state index contributed by atoms with van der Waals surface area (Å²) < 4.78 is 4.78. The summed E-state index contributed by atoms with van der Waals surface area (Å²) in [6.07, 6.45) is 5.04. The second-order valence-electron chi connectivity index (χ2n) is 5.40. The third-order valence-electron chi connectivity index (χ3n) is 4.28. The number of nitrogens with zero attached hydrogens (tertiary/aromatic N) is 2. The Hall–Kier alpha value is -0.610. The summed E-state index contributed by atoms with van der Waals surface area (Å²) in [5.41, 5.74) is 0. The molecule has 2 saturated heterocycles. The number of piperidine rings is 1. The molecule has 2 aliphatic rings. The number of methoxy groups -OCH3 is 1. The van der Waals surface area contributed by atoms with Gasteiger partial charge in [0.1, 0.15) is 0 Å². The van der Waals surface area contributed by atoms with Gasteiger partial charge in [-0.05, 0) is 58.3 Å². The fourth-order valence-corrected chi connectivity index (χ4v) is 3.23. The SMILES string of the molecule is COC(=O)CN1CCCC1C1CCN(C)CC1. The van der Waals surface area contributed by atoms with Gasteiger partial charge in [-0.15, -0.1) is 0 Å². The number of carbonyl (C=O) groups is 1. The molecule has 0 aliphatic carbocycles. The molecule has 0 aromatic rings. The Balaban J connectivity index is 1.88. The lowest BCUT2D eigenvalue weighted by atomic mass is 9.88. The van der Waals surface area contributed by atoms with Gasteiger partial charge < -0.3 is 9.64 Å². The molecule has 17 heavy (non-hydrogen) atoms. The van der Waals surface area contributed by atoms with Gasteiger partial charge in [0.25, 0.3) is 0 Å². The van der Waals surface area contributed by atoms with Crippen molar-refractivity contribution in [1.29, 1.82) is 0 Å². The van der Waals surface area contributed by atoms with Gasteiger partial charge in [0.05, 0.1) is 13.7 Å². The minimum absolute atomic E-state index is 0.0928. The highest BCUT2D eigenvalue weighted by Crippen LogP contribution is 2.30. The Bertz CT molecular complexity index is 262. The van der Waals surface area contributed by atoms with Crippen LogP contribution < -0.4 is 0 Å². The van der Waals surface area contributed by atoms with Gasteiger partial charge in [-0.25, -0.2) is 0 Å². The van der Waals surface area contributed by atoms with Gasteiger partial charge in [-0.1, -0.05) is 0 Å². The van der Waals surface area contributed by atoms with Gasteiger partial charge in [0.15, 0.2) is 0 Å². The van der Waals surface area contributed by atoms with Crippen LogP contribution in [0.2, 0.25) is 0 Å². The monoisotopic (exact) mass is 240 g/mol. The van der Waals surface area contributed by atoms with E-state index in [9.17, 15) is 4.79 Å². The van der Waals surface area contributed by atoms with Crippen LogP contribution in [0.3, 0.4) is 0 Å². The van der Waals surface area contributed by atoms with Crippen molar-refractivity contribution in [2.45, 2.75) is 31.7 Å². The Labute approximate surface area is 104 Å². The van der Waals surface area contributed by atoms with Crippen molar-refractivity contribution in [1.82, 2.24) is 9.80 Å². The normalized spacial score (nSPS) is 28.5. The van der Waals surface area contributed by atoms with Gasteiger partial charge in [0.2, 0.25) is 0 Å². The van der Waals surface area contributed by atoms with Crippen LogP contribution in [-0.2, 0) is 9.53 Å². The van der Waals surface area contributed by atoms with E-state index in [2.05, 4.69) is 16.8 Å². The zero-order chi connectivity index (χ0) is 12.3. The quantitative estimate of drug-likeness (QED) is 0.688. The molecule has 0 radical (unpaired) electrons. The molecule has 0 bridgehead atoms. The van der Waals surface area contributed by atoms with Crippen molar-refractivity contribution in [2.75, 3.05) is 40.3 Å². The summed E-state index contributed by atoms with van der Waals surface area (Å²) in [6, 6.07) is 0.614. The van der Waals surface area contributed by atoms with E-state index in [1.54, 1.807) is 0 Å². The summed E-state index contributed by atoms with van der Waals surface area (Å²) in [4.78, 5) is 16.1. The first-order valence-corrected chi connectivity index (χ1v) is 6.70. The molecule has 4 nitrogen and oxygen atoms in total. The van der Waals surface area contributed by atoms with Crippen LogP contribution in [0.4, 0.5) is 0 Å². The Morgan fingerprint density at radius 3 is 2.59 bits per heavy atom. The van der Waals surface area contributed by atoms with E-state index in [0.717, 1.165) is 12.5 Å². The van der Waals surface area contributed by atoms with Crippen molar-refractivity contribution in [3.05, 3.63) is 0 Å². The van der Waals surface area contributed by atoms with Crippen LogP contribution in [0, 0.1) is 5.92 Å². The van der Waals surface area contributed by atoms with Crippen molar-refractivity contribution in [3.8, 4) is 0 Å². The zero-order valence-electron chi connectivity index (χ0n) is 11.0. The number of hydrogen-bond donors (Lipinski definition) is 0. The maximum absolute atomic E-state index is 11.4. The lowest BCUT2D eigenvalue weighted by molar-refractivity contribution is -0.142. The topological polar surface area (TPSA) is 32.8 Å². The molecule has 0 amide bonds. The molecule has 98 valence electrons. The number of likely N-dealkylation sites (tertiary alicyclic amines) is 2. The van der Waals surface area contributed by atoms with E-state index >= 15 is 0 Å². The van der Waals surface area contributed by atoms with Crippen LogP contribution in [0.5, 0.6) is 0 Å². The molecule has 2 heterocycles. The second kappa shape index (κ2) is 5.83. The number of ether oxygens (including phenoxy) is 1. The highest BCUT2D eigenvalue weighted by molar-refractivity contribution is 5.71. The fourth-order valence-electron chi connectivity index (χ4n) is 3.23. The molecule has 0 N–H and O–H groups in total. The molecule has 2 fully saturated rings. The minimum Gasteiger partial charge on any atom is -0.468 e. The molecule has 0 spiro atoms. The zero-order valence-corrected chi connectivity index (χ0v) is 11.0. The third kappa shape index (κ3) is 3.19. The first-order chi connectivity index (χ1) is 8.20. The average Bonchev–Trinajstić information content (AvgIpc) is 2.78. The van der Waals surface area contributed by atoms with E-state index in [1.165, 1.54) is 45.9 Å². The predicted octanol–water partition coefficient (Wildman–Crippen LogP) is 0.966. The molecule has 2 aliphatic heterocycles. The summed E-state index contributed by atoms with van der Waals surface area (Å²) >= 11 is 0. The van der Waals surface area contributed by atoms with Crippen LogP contribution >= 0.6 is 0 Å². The van der Waals surface area contributed by atoms with Crippen molar-refractivity contribution in [2.24, 2.45) is 5.92 Å². The molecule has 0 aromatic heterocycles. The largest absolute Gasteiger partial charge is 0.468 e. The maximum Gasteiger partial charge on any atom is 0.319 e. The van der Waals surface area contributed by atoms with E-state index in [1.807, 2.05) is 0 Å². The molecular formula is C13H24N2O2. The predicted molar refractivity (Wildman–Crippen MR) is 66.8 cm³/mol. The van der Waals surface area contributed by atoms with E-state index < -0.39 is 0 Å². The standard InChI is InChI=1S/C13H24N2O2/c1-14-8-5-11(6-9-14)12-4-3-7-15(12)10-13(16)17-2/h11-12H,3-10H2,1-2H3. The maximum atomic E-state index is 11.4. The lowest BCUT2D eigenvalue weighted by Gasteiger charge is -2.36. The Morgan fingerprint density at radius 1 is 1.24 bits per heavy atom. The lowest BCUT2D eigenvalue weighted by Crippen LogP contribution is -2.43. The highest BCUT2D eigenvalue weighted by Gasteiger charge is 2.34. The number of esters is 1. The number of carbonyl (C=O) groups excluding carboxylic acids is 1. The van der Waals surface area contributed by atoms with Gasteiger partial charge in [-0.2, -0.15) is 0 Å². The summed E-state index contributed by atoms with van der Waals surface area (Å²) in [6.45, 7) is 3.94. The molecule has 0 aromatic carbocycles. The first-order valence-electron chi connectivity index (χ1n) is 6.70. The minimum atomic E-state index is -0.0928. The van der Waals surface area contributed by atoms with Crippen molar-refractivity contribution >= 4 is 5.97 Å². The fraction of sp³-hybridized carbons (Fsp3) is 0.923. The molecular weight excluding hydrogens is 216 g/mol. The third-order valence-corrected chi connectivity index (χ3v) is 4.28. The number of rotatable bonds is 3. The molecule has 0 saturated carbocycles. The highest BCUT2D eigenvalue weighted by atomic mass is 16.5. The molecule has 1 unspecified atom stereocenters. The summed E-state index contributed by atoms with van der Waals surface area (Å²) in [5, 5.41) is 0. The van der Waals surface area contributed by atoms with Gasteiger partial charge >= 0.3 is 5.97 Å². The van der Waals surface area contributed by atoms with Crippen LogP contribution in [0.15, 0.2) is 0 Å². The van der Waals surface area contributed by atoms with E-state index in [-0.39, 0.29) is 5.97 Å².